The highest BCUT2D eigenvalue weighted by Crippen LogP contribution is 2.55. The van der Waals surface area contributed by atoms with Gasteiger partial charge in [-0.1, -0.05) is 50.2 Å². The molecule has 2 heterocycles. The molecule has 0 fully saturated rings. The molecule has 2 aliphatic rings. The summed E-state index contributed by atoms with van der Waals surface area (Å²) in [5.41, 5.74) is 4.72. The van der Waals surface area contributed by atoms with Crippen LogP contribution in [0.1, 0.15) is 38.8 Å². The molecule has 0 N–H and O–H groups in total. The van der Waals surface area contributed by atoms with E-state index in [0.29, 0.717) is 6.42 Å². The molecule has 1 aliphatic carbocycles. The molecule has 0 saturated carbocycles. The van der Waals surface area contributed by atoms with E-state index < -0.39 is 17.4 Å². The number of hydrogen-bond acceptors (Lipinski definition) is 1. The standard InChI is InChI=1S/C25H26NO/c1-17-12-13-19-16-25(15-18-9-5-6-10-20(18)24(25,2)3)27-23(19)22(17)21-11-7-8-14-26(21)4/h5-14H,15-16H2,1-4H3/q+1/i15D2. The Balaban J connectivity index is 1.74. The molecule has 2 nitrogen and oxygen atoms in total. The summed E-state index contributed by atoms with van der Waals surface area (Å²) in [6.07, 6.45) is 1.00. The molecule has 1 aromatic heterocycles. The lowest BCUT2D eigenvalue weighted by atomic mass is 9.73. The maximum Gasteiger partial charge on any atom is 0.216 e. The maximum atomic E-state index is 9.15. The third-order valence-electron chi connectivity index (χ3n) is 6.42. The number of ether oxygens (including phenoxy) is 1. The van der Waals surface area contributed by atoms with Gasteiger partial charge in [0.2, 0.25) is 5.69 Å². The van der Waals surface area contributed by atoms with Gasteiger partial charge in [-0.2, -0.15) is 0 Å². The molecule has 2 aromatic carbocycles. The third kappa shape index (κ3) is 2.16. The van der Waals surface area contributed by atoms with Crippen LogP contribution in [0.15, 0.2) is 60.8 Å². The van der Waals surface area contributed by atoms with Crippen molar-refractivity contribution in [3.63, 3.8) is 0 Å². The van der Waals surface area contributed by atoms with E-state index in [1.165, 1.54) is 0 Å². The first-order valence-electron chi connectivity index (χ1n) is 10.6. The lowest BCUT2D eigenvalue weighted by Gasteiger charge is -2.38. The van der Waals surface area contributed by atoms with Crippen LogP contribution < -0.4 is 9.30 Å². The molecule has 0 amide bonds. The fraction of sp³-hybridized carbons (Fsp3) is 0.320. The summed E-state index contributed by atoms with van der Waals surface area (Å²) in [5.74, 6) is 0.830. The molecule has 1 aliphatic heterocycles. The molecule has 1 spiro atoms. The molecule has 3 aromatic rings. The second-order valence-electron chi connectivity index (χ2n) is 8.34. The van der Waals surface area contributed by atoms with Crippen LogP contribution in [0, 0.1) is 6.92 Å². The molecule has 0 bridgehead atoms. The van der Waals surface area contributed by atoms with Crippen molar-refractivity contribution >= 4 is 0 Å². The molecule has 27 heavy (non-hydrogen) atoms. The van der Waals surface area contributed by atoms with Gasteiger partial charge in [0.1, 0.15) is 18.4 Å². The number of aromatic nitrogens is 1. The molecule has 5 rings (SSSR count). The largest absolute Gasteiger partial charge is 0.484 e. The second kappa shape index (κ2) is 5.45. The number of rotatable bonds is 1. The van der Waals surface area contributed by atoms with Gasteiger partial charge < -0.3 is 4.74 Å². The molecule has 2 heteroatoms. The van der Waals surface area contributed by atoms with Crippen LogP contribution in [0.5, 0.6) is 5.75 Å². The smallest absolute Gasteiger partial charge is 0.216 e. The first-order valence-corrected chi connectivity index (χ1v) is 9.57. The molecule has 0 radical (unpaired) electrons. The van der Waals surface area contributed by atoms with Gasteiger partial charge in [0, 0.05) is 33.1 Å². The predicted molar refractivity (Wildman–Crippen MR) is 108 cm³/mol. The molecular formula is C25H26NO+. The molecular weight excluding hydrogens is 330 g/mol. The van der Waals surface area contributed by atoms with Crippen molar-refractivity contribution in [2.75, 3.05) is 0 Å². The van der Waals surface area contributed by atoms with Crippen molar-refractivity contribution in [1.29, 1.82) is 0 Å². The SMILES string of the molecule is [2H]C1([2H])c2ccccc2C(C)(C)C12Cc1ccc(C)c(-c3cccc[n+]3C)c1O2. The number of fused-ring (bicyclic) bond motifs is 2. The van der Waals surface area contributed by atoms with Gasteiger partial charge in [-0.25, -0.2) is 4.57 Å². The summed E-state index contributed by atoms with van der Waals surface area (Å²) < 4.78 is 27.2. The minimum atomic E-state index is -1.59. The Morgan fingerprint density at radius 2 is 1.78 bits per heavy atom. The fourth-order valence-electron chi connectivity index (χ4n) is 4.71. The highest BCUT2D eigenvalue weighted by Gasteiger charge is 2.57. The topological polar surface area (TPSA) is 13.1 Å². The van der Waals surface area contributed by atoms with E-state index in [2.05, 4.69) is 49.6 Å². The van der Waals surface area contributed by atoms with Crippen LogP contribution in [0.2, 0.25) is 0 Å². The Morgan fingerprint density at radius 3 is 2.56 bits per heavy atom. The average Bonchev–Trinajstić information content (AvgIpc) is 3.15. The summed E-state index contributed by atoms with van der Waals surface area (Å²) in [6.45, 7) is 6.34. The van der Waals surface area contributed by atoms with Crippen LogP contribution >= 0.6 is 0 Å². The van der Waals surface area contributed by atoms with Crippen LogP contribution in [-0.4, -0.2) is 5.60 Å². The Morgan fingerprint density at radius 1 is 1.00 bits per heavy atom. The van der Waals surface area contributed by atoms with E-state index in [4.69, 9.17) is 7.48 Å². The van der Waals surface area contributed by atoms with E-state index >= 15 is 0 Å². The number of hydrogen-bond donors (Lipinski definition) is 0. The minimum Gasteiger partial charge on any atom is -0.484 e. The Kier molecular flexibility index (Phi) is 2.92. The first-order chi connectivity index (χ1) is 13.7. The third-order valence-corrected chi connectivity index (χ3v) is 6.42. The van der Waals surface area contributed by atoms with E-state index in [-0.39, 0.29) is 0 Å². The van der Waals surface area contributed by atoms with Crippen LogP contribution in [-0.2, 0) is 25.3 Å². The monoisotopic (exact) mass is 358 g/mol. The predicted octanol–water partition coefficient (Wildman–Crippen LogP) is 4.69. The Bertz CT molecular complexity index is 1110. The van der Waals surface area contributed by atoms with E-state index in [0.717, 1.165) is 39.3 Å². The van der Waals surface area contributed by atoms with E-state index in [1.807, 2.05) is 43.6 Å². The summed E-state index contributed by atoms with van der Waals surface area (Å²) in [7, 11) is 2.04. The molecule has 136 valence electrons. The van der Waals surface area contributed by atoms with Crippen molar-refractivity contribution in [2.45, 2.75) is 44.6 Å². The highest BCUT2D eigenvalue weighted by molar-refractivity contribution is 5.73. The van der Waals surface area contributed by atoms with Gasteiger partial charge in [-0.15, -0.1) is 0 Å². The number of nitrogens with zero attached hydrogens (tertiary/aromatic N) is 1. The van der Waals surface area contributed by atoms with Gasteiger partial charge >= 0.3 is 0 Å². The zero-order valence-corrected chi connectivity index (χ0v) is 16.3. The lowest BCUT2D eigenvalue weighted by Crippen LogP contribution is -2.49. The van der Waals surface area contributed by atoms with Crippen LogP contribution in [0.4, 0.5) is 0 Å². The fourth-order valence-corrected chi connectivity index (χ4v) is 4.71. The molecule has 0 saturated heterocycles. The van der Waals surface area contributed by atoms with Gasteiger partial charge in [0.25, 0.3) is 0 Å². The summed E-state index contributed by atoms with van der Waals surface area (Å²) in [5, 5.41) is 0. The van der Waals surface area contributed by atoms with E-state index in [1.54, 1.807) is 0 Å². The minimum absolute atomic E-state index is 0.462. The Labute approximate surface area is 164 Å². The number of benzene rings is 2. The number of pyridine rings is 1. The maximum absolute atomic E-state index is 9.15. The van der Waals surface area contributed by atoms with Crippen molar-refractivity contribution in [3.8, 4) is 17.0 Å². The van der Waals surface area contributed by atoms with Gasteiger partial charge in [-0.3, -0.25) is 0 Å². The zero-order chi connectivity index (χ0) is 20.6. The lowest BCUT2D eigenvalue weighted by molar-refractivity contribution is -0.660. The second-order valence-corrected chi connectivity index (χ2v) is 8.34. The highest BCUT2D eigenvalue weighted by atomic mass is 16.5. The summed E-state index contributed by atoms with van der Waals surface area (Å²) in [4.78, 5) is 0. The normalized spacial score (nSPS) is 24.7. The summed E-state index contributed by atoms with van der Waals surface area (Å²) in [6, 6.07) is 18.3. The first kappa shape index (κ1) is 14.4. The van der Waals surface area contributed by atoms with E-state index in [9.17, 15) is 0 Å². The van der Waals surface area contributed by atoms with Gasteiger partial charge in [0.15, 0.2) is 6.20 Å². The molecule has 1 unspecified atom stereocenters. The van der Waals surface area contributed by atoms with Crippen molar-refractivity contribution in [2.24, 2.45) is 7.05 Å². The Hall–Kier alpha value is -2.61. The van der Waals surface area contributed by atoms with Crippen molar-refractivity contribution in [3.05, 3.63) is 83.0 Å². The zero-order valence-electron chi connectivity index (χ0n) is 18.3. The van der Waals surface area contributed by atoms with Crippen LogP contribution in [0.25, 0.3) is 11.3 Å². The van der Waals surface area contributed by atoms with Crippen molar-refractivity contribution in [1.82, 2.24) is 0 Å². The average molecular weight is 359 g/mol. The van der Waals surface area contributed by atoms with Gasteiger partial charge in [0.05, 0.1) is 5.56 Å². The quantitative estimate of drug-likeness (QED) is 0.575. The van der Waals surface area contributed by atoms with Gasteiger partial charge in [-0.05, 0) is 35.2 Å². The molecule has 1 atom stereocenters. The van der Waals surface area contributed by atoms with Crippen LogP contribution in [0.3, 0.4) is 0 Å². The summed E-state index contributed by atoms with van der Waals surface area (Å²) >= 11 is 0. The van der Waals surface area contributed by atoms with Crippen molar-refractivity contribution < 1.29 is 12.0 Å². The number of aryl methyl sites for hydroxylation is 2.